The maximum absolute atomic E-state index is 12.2. The van der Waals surface area contributed by atoms with Crippen LogP contribution in [-0.4, -0.2) is 24.0 Å². The molecule has 2 aliphatic heterocycles. The van der Waals surface area contributed by atoms with Crippen LogP contribution in [0.15, 0.2) is 54.6 Å². The quantitative estimate of drug-likeness (QED) is 0.927. The van der Waals surface area contributed by atoms with E-state index in [4.69, 9.17) is 4.74 Å². The fraction of sp³-hybridized carbons (Fsp3) is 0.368. The van der Waals surface area contributed by atoms with Crippen LogP contribution in [0, 0.1) is 0 Å². The lowest BCUT2D eigenvalue weighted by atomic mass is 9.86. The van der Waals surface area contributed by atoms with Gasteiger partial charge >= 0.3 is 0 Å². The summed E-state index contributed by atoms with van der Waals surface area (Å²) in [4.78, 5) is 0. The Balaban J connectivity index is 1.55. The van der Waals surface area contributed by atoms with Gasteiger partial charge < -0.3 is 9.84 Å². The van der Waals surface area contributed by atoms with Crippen molar-refractivity contribution in [3.05, 3.63) is 60.2 Å². The number of fused-ring (bicyclic) bond motifs is 2. The molecular weight excluding hydrogens is 324 g/mol. The van der Waals surface area contributed by atoms with E-state index >= 15 is 0 Å². The van der Waals surface area contributed by atoms with Crippen LogP contribution in [0.3, 0.4) is 0 Å². The lowest BCUT2D eigenvalue weighted by Crippen LogP contribution is -2.43. The predicted octanol–water partition coefficient (Wildman–Crippen LogP) is 3.41. The Morgan fingerprint density at radius 3 is 2.00 bits per heavy atom. The highest BCUT2D eigenvalue weighted by molar-refractivity contribution is 7.93. The van der Waals surface area contributed by atoms with Gasteiger partial charge in [-0.15, -0.1) is 0 Å². The number of rotatable bonds is 3. The SMILES string of the molecule is O=S1(=O)C2CCC1CC(O)(c1ccc(Oc3ccccc3)cc1)C2. The van der Waals surface area contributed by atoms with Crippen LogP contribution < -0.4 is 4.74 Å². The van der Waals surface area contributed by atoms with Crippen molar-refractivity contribution in [2.45, 2.75) is 41.8 Å². The molecule has 2 saturated heterocycles. The molecule has 2 aliphatic rings. The first-order valence-electron chi connectivity index (χ1n) is 8.26. The zero-order valence-corrected chi connectivity index (χ0v) is 14.1. The summed E-state index contributed by atoms with van der Waals surface area (Å²) in [5.41, 5.74) is -0.280. The van der Waals surface area contributed by atoms with E-state index in [9.17, 15) is 13.5 Å². The molecule has 5 heteroatoms. The van der Waals surface area contributed by atoms with Gasteiger partial charge in [0.15, 0.2) is 9.84 Å². The van der Waals surface area contributed by atoms with Crippen LogP contribution in [0.2, 0.25) is 0 Å². The van der Waals surface area contributed by atoms with Crippen molar-refractivity contribution < 1.29 is 18.3 Å². The molecule has 0 saturated carbocycles. The highest BCUT2D eigenvalue weighted by Gasteiger charge is 2.53. The molecule has 4 nitrogen and oxygen atoms in total. The van der Waals surface area contributed by atoms with E-state index in [2.05, 4.69) is 0 Å². The number of sulfone groups is 1. The maximum atomic E-state index is 12.2. The standard InChI is InChI=1S/C19H20O4S/c20-19(12-17-10-11-18(13-19)24(17,21)22)14-6-8-16(9-7-14)23-15-4-2-1-3-5-15/h1-9,17-18,20H,10-13H2. The molecule has 2 fully saturated rings. The van der Waals surface area contributed by atoms with Crippen molar-refractivity contribution in [3.8, 4) is 11.5 Å². The second-order valence-corrected chi connectivity index (χ2v) is 9.30. The number of ether oxygens (including phenoxy) is 1. The first-order valence-corrected chi connectivity index (χ1v) is 9.87. The average Bonchev–Trinajstić information content (AvgIpc) is 2.75. The maximum Gasteiger partial charge on any atom is 0.156 e. The van der Waals surface area contributed by atoms with Crippen LogP contribution in [-0.2, 0) is 15.4 Å². The average molecular weight is 344 g/mol. The molecule has 126 valence electrons. The Kier molecular flexibility index (Phi) is 3.66. The van der Waals surface area contributed by atoms with E-state index in [1.54, 1.807) is 0 Å². The van der Waals surface area contributed by atoms with Gasteiger partial charge in [-0.2, -0.15) is 0 Å². The third kappa shape index (κ3) is 2.62. The first kappa shape index (κ1) is 15.7. The molecule has 2 aromatic carbocycles. The summed E-state index contributed by atoms with van der Waals surface area (Å²) >= 11 is 0. The molecule has 0 amide bonds. The lowest BCUT2D eigenvalue weighted by molar-refractivity contribution is 0.0173. The van der Waals surface area contributed by atoms with Gasteiger partial charge in [-0.3, -0.25) is 0 Å². The van der Waals surface area contributed by atoms with Crippen LogP contribution in [0.25, 0.3) is 0 Å². The molecule has 24 heavy (non-hydrogen) atoms. The van der Waals surface area contributed by atoms with E-state index in [0.717, 1.165) is 11.3 Å². The molecular formula is C19H20O4S. The molecule has 0 aliphatic carbocycles. The van der Waals surface area contributed by atoms with E-state index in [0.29, 0.717) is 31.4 Å². The molecule has 2 aromatic rings. The smallest absolute Gasteiger partial charge is 0.156 e. The van der Waals surface area contributed by atoms with Gasteiger partial charge in [0.25, 0.3) is 0 Å². The minimum Gasteiger partial charge on any atom is -0.457 e. The van der Waals surface area contributed by atoms with E-state index in [1.165, 1.54) is 0 Å². The summed E-state index contributed by atoms with van der Waals surface area (Å²) in [6.07, 6.45) is 1.93. The normalized spacial score (nSPS) is 30.9. The third-order valence-corrected chi connectivity index (χ3v) is 7.90. The van der Waals surface area contributed by atoms with Gasteiger partial charge in [0.1, 0.15) is 11.5 Å². The fourth-order valence-corrected chi connectivity index (χ4v) is 6.43. The summed E-state index contributed by atoms with van der Waals surface area (Å²) < 4.78 is 30.2. The summed E-state index contributed by atoms with van der Waals surface area (Å²) in [6, 6.07) is 16.8. The Morgan fingerprint density at radius 1 is 0.875 bits per heavy atom. The number of benzene rings is 2. The predicted molar refractivity (Wildman–Crippen MR) is 91.8 cm³/mol. The number of aliphatic hydroxyl groups is 1. The van der Waals surface area contributed by atoms with Crippen LogP contribution in [0.1, 0.15) is 31.2 Å². The van der Waals surface area contributed by atoms with Crippen molar-refractivity contribution in [2.24, 2.45) is 0 Å². The summed E-state index contributed by atoms with van der Waals surface area (Å²) in [6.45, 7) is 0. The monoisotopic (exact) mass is 344 g/mol. The Labute approximate surface area is 142 Å². The first-order chi connectivity index (χ1) is 11.5. The van der Waals surface area contributed by atoms with Crippen LogP contribution in [0.4, 0.5) is 0 Å². The van der Waals surface area contributed by atoms with Crippen molar-refractivity contribution in [3.63, 3.8) is 0 Å². The zero-order valence-electron chi connectivity index (χ0n) is 13.3. The number of para-hydroxylation sites is 1. The van der Waals surface area contributed by atoms with Gasteiger partial charge in [0.2, 0.25) is 0 Å². The van der Waals surface area contributed by atoms with E-state index < -0.39 is 25.9 Å². The van der Waals surface area contributed by atoms with Crippen molar-refractivity contribution in [2.75, 3.05) is 0 Å². The highest BCUT2D eigenvalue weighted by Crippen LogP contribution is 2.47. The third-order valence-electron chi connectivity index (χ3n) is 5.24. The highest BCUT2D eigenvalue weighted by atomic mass is 32.2. The molecule has 0 spiro atoms. The molecule has 2 atom stereocenters. The van der Waals surface area contributed by atoms with Crippen molar-refractivity contribution >= 4 is 9.84 Å². The molecule has 2 bridgehead atoms. The second kappa shape index (κ2) is 5.60. The fourth-order valence-electron chi connectivity index (χ4n) is 3.94. The Morgan fingerprint density at radius 2 is 1.42 bits per heavy atom. The van der Waals surface area contributed by atoms with Gasteiger partial charge in [-0.05, 0) is 55.5 Å². The topological polar surface area (TPSA) is 63.6 Å². The second-order valence-electron chi connectivity index (χ2n) is 6.79. The van der Waals surface area contributed by atoms with E-state index in [1.807, 2.05) is 54.6 Å². The molecule has 0 aromatic heterocycles. The number of hydrogen-bond acceptors (Lipinski definition) is 4. The summed E-state index contributed by atoms with van der Waals surface area (Å²) in [7, 11) is -3.04. The van der Waals surface area contributed by atoms with Crippen LogP contribution in [0.5, 0.6) is 11.5 Å². The molecule has 2 heterocycles. The Hall–Kier alpha value is -1.85. The van der Waals surface area contributed by atoms with Gasteiger partial charge in [0, 0.05) is 0 Å². The van der Waals surface area contributed by atoms with Gasteiger partial charge in [-0.1, -0.05) is 30.3 Å². The lowest BCUT2D eigenvalue weighted by Gasteiger charge is -2.36. The Bertz CT molecular complexity index is 807. The van der Waals surface area contributed by atoms with E-state index in [-0.39, 0.29) is 0 Å². The molecule has 0 radical (unpaired) electrons. The van der Waals surface area contributed by atoms with Gasteiger partial charge in [0.05, 0.1) is 16.1 Å². The van der Waals surface area contributed by atoms with Crippen molar-refractivity contribution in [1.82, 2.24) is 0 Å². The summed E-state index contributed by atoms with van der Waals surface area (Å²) in [5, 5.41) is 10.2. The van der Waals surface area contributed by atoms with Crippen LogP contribution >= 0.6 is 0 Å². The summed E-state index contributed by atoms with van der Waals surface area (Å²) in [5.74, 6) is 1.45. The van der Waals surface area contributed by atoms with Crippen molar-refractivity contribution in [1.29, 1.82) is 0 Å². The largest absolute Gasteiger partial charge is 0.457 e. The number of hydrogen-bond donors (Lipinski definition) is 1. The molecule has 2 unspecified atom stereocenters. The minimum absolute atomic E-state index is 0.296. The zero-order chi connectivity index (χ0) is 16.8. The minimum atomic E-state index is -3.04. The van der Waals surface area contributed by atoms with Gasteiger partial charge in [-0.25, -0.2) is 8.42 Å². The molecule has 1 N–H and O–H groups in total. The molecule has 4 rings (SSSR count).